The van der Waals surface area contributed by atoms with Gasteiger partial charge in [0.1, 0.15) is 5.82 Å². The molecule has 0 bridgehead atoms. The minimum Gasteiger partial charge on any atom is -0.454 e. The van der Waals surface area contributed by atoms with Gasteiger partial charge in [-0.2, -0.15) is 0 Å². The van der Waals surface area contributed by atoms with Gasteiger partial charge < -0.3 is 23.5 Å². The molecule has 0 N–H and O–H groups in total. The summed E-state index contributed by atoms with van der Waals surface area (Å²) < 4.78 is 24.7. The summed E-state index contributed by atoms with van der Waals surface area (Å²) >= 11 is 0. The summed E-state index contributed by atoms with van der Waals surface area (Å²) in [6.45, 7) is 6.24. The SMILES string of the molecule is CCCCn1c(CCN(Cc2ccc3c(c2)OCO3)Cc2ccc3c(c2)OCO3)cnc1-c1ccccc1. The molecule has 0 unspecified atom stereocenters. The molecule has 196 valence electrons. The predicted octanol–water partition coefficient (Wildman–Crippen LogP) is 6.05. The largest absolute Gasteiger partial charge is 0.454 e. The lowest BCUT2D eigenvalue weighted by atomic mass is 10.1. The van der Waals surface area contributed by atoms with Crippen LogP contribution in [-0.4, -0.2) is 34.6 Å². The van der Waals surface area contributed by atoms with Crippen LogP contribution in [0.4, 0.5) is 0 Å². The first-order valence-corrected chi connectivity index (χ1v) is 13.4. The molecule has 4 aromatic rings. The zero-order valence-corrected chi connectivity index (χ0v) is 21.8. The molecule has 0 atom stereocenters. The summed E-state index contributed by atoms with van der Waals surface area (Å²) in [4.78, 5) is 7.31. The van der Waals surface area contributed by atoms with Gasteiger partial charge in [-0.1, -0.05) is 55.8 Å². The number of fused-ring (bicyclic) bond motifs is 2. The van der Waals surface area contributed by atoms with Crippen molar-refractivity contribution >= 4 is 0 Å². The minimum absolute atomic E-state index is 0.283. The Kier molecular flexibility index (Phi) is 7.18. The molecule has 2 aliphatic heterocycles. The second-order valence-electron chi connectivity index (χ2n) is 9.78. The van der Waals surface area contributed by atoms with E-state index in [1.54, 1.807) is 0 Å². The maximum absolute atomic E-state index is 5.63. The highest BCUT2D eigenvalue weighted by molar-refractivity contribution is 5.56. The quantitative estimate of drug-likeness (QED) is 0.244. The van der Waals surface area contributed by atoms with Gasteiger partial charge in [0.05, 0.1) is 0 Å². The number of rotatable bonds is 11. The highest BCUT2D eigenvalue weighted by Gasteiger charge is 2.19. The molecular formula is C31H33N3O4. The van der Waals surface area contributed by atoms with Gasteiger partial charge in [-0.05, 0) is 41.8 Å². The van der Waals surface area contributed by atoms with Crippen molar-refractivity contribution in [1.29, 1.82) is 0 Å². The van der Waals surface area contributed by atoms with Crippen LogP contribution in [0.15, 0.2) is 72.9 Å². The van der Waals surface area contributed by atoms with E-state index in [4.69, 9.17) is 23.9 Å². The second-order valence-corrected chi connectivity index (χ2v) is 9.78. The van der Waals surface area contributed by atoms with Crippen LogP contribution in [-0.2, 0) is 26.1 Å². The van der Waals surface area contributed by atoms with Crippen LogP contribution in [0, 0.1) is 0 Å². The molecule has 6 rings (SSSR count). The van der Waals surface area contributed by atoms with Gasteiger partial charge in [0.15, 0.2) is 23.0 Å². The maximum atomic E-state index is 5.63. The summed E-state index contributed by atoms with van der Waals surface area (Å²) in [5, 5.41) is 0. The number of unbranched alkanes of at least 4 members (excludes halogenated alkanes) is 1. The van der Waals surface area contributed by atoms with Crippen LogP contribution in [0.3, 0.4) is 0 Å². The van der Waals surface area contributed by atoms with Crippen LogP contribution < -0.4 is 18.9 Å². The van der Waals surface area contributed by atoms with Gasteiger partial charge in [0, 0.05) is 50.1 Å². The fourth-order valence-electron chi connectivity index (χ4n) is 5.08. The van der Waals surface area contributed by atoms with Gasteiger partial charge in [-0.25, -0.2) is 4.98 Å². The van der Waals surface area contributed by atoms with E-state index in [2.05, 4.69) is 71.1 Å². The Morgan fingerprint density at radius 3 is 2.05 bits per heavy atom. The number of hydrogen-bond donors (Lipinski definition) is 0. The van der Waals surface area contributed by atoms with Gasteiger partial charge in [-0.3, -0.25) is 4.90 Å². The molecule has 0 saturated carbocycles. The Morgan fingerprint density at radius 1 is 0.789 bits per heavy atom. The fourth-order valence-corrected chi connectivity index (χ4v) is 5.08. The van der Waals surface area contributed by atoms with E-state index in [-0.39, 0.29) is 13.6 Å². The zero-order chi connectivity index (χ0) is 25.7. The van der Waals surface area contributed by atoms with Gasteiger partial charge in [0.25, 0.3) is 0 Å². The van der Waals surface area contributed by atoms with E-state index in [1.807, 2.05) is 18.2 Å². The Bertz CT molecular complexity index is 1330. The van der Waals surface area contributed by atoms with Crippen molar-refractivity contribution in [1.82, 2.24) is 14.5 Å². The monoisotopic (exact) mass is 511 g/mol. The number of ether oxygens (including phenoxy) is 4. The highest BCUT2D eigenvalue weighted by Crippen LogP contribution is 2.34. The summed E-state index contributed by atoms with van der Waals surface area (Å²) in [6, 6.07) is 22.9. The normalized spacial score (nSPS) is 13.4. The van der Waals surface area contributed by atoms with Crippen molar-refractivity contribution < 1.29 is 18.9 Å². The van der Waals surface area contributed by atoms with E-state index < -0.39 is 0 Å². The van der Waals surface area contributed by atoms with Crippen molar-refractivity contribution in [3.8, 4) is 34.4 Å². The third-order valence-electron chi connectivity index (χ3n) is 7.08. The molecule has 0 amide bonds. The zero-order valence-electron chi connectivity index (χ0n) is 21.8. The lowest BCUT2D eigenvalue weighted by Gasteiger charge is -2.23. The third kappa shape index (κ3) is 5.34. The fraction of sp³-hybridized carbons (Fsp3) is 0.323. The molecule has 2 aliphatic rings. The van der Waals surface area contributed by atoms with E-state index in [0.29, 0.717) is 0 Å². The van der Waals surface area contributed by atoms with Crippen LogP contribution in [0.5, 0.6) is 23.0 Å². The molecule has 0 fully saturated rings. The first kappa shape index (κ1) is 24.4. The molecule has 38 heavy (non-hydrogen) atoms. The average Bonchev–Trinajstić information content (AvgIpc) is 3.70. The lowest BCUT2D eigenvalue weighted by molar-refractivity contribution is 0.173. The van der Waals surface area contributed by atoms with Crippen LogP contribution >= 0.6 is 0 Å². The van der Waals surface area contributed by atoms with Gasteiger partial charge >= 0.3 is 0 Å². The Hall–Kier alpha value is -3.97. The number of aromatic nitrogens is 2. The molecule has 3 aromatic carbocycles. The minimum atomic E-state index is 0.283. The van der Waals surface area contributed by atoms with Gasteiger partial charge in [-0.15, -0.1) is 0 Å². The molecule has 0 spiro atoms. The van der Waals surface area contributed by atoms with E-state index >= 15 is 0 Å². The molecule has 7 heteroatoms. The molecule has 0 aliphatic carbocycles. The number of nitrogens with zero attached hydrogens (tertiary/aromatic N) is 3. The van der Waals surface area contributed by atoms with Gasteiger partial charge in [0.2, 0.25) is 13.6 Å². The van der Waals surface area contributed by atoms with E-state index in [1.165, 1.54) is 16.8 Å². The van der Waals surface area contributed by atoms with E-state index in [0.717, 1.165) is 79.8 Å². The molecule has 0 saturated heterocycles. The summed E-state index contributed by atoms with van der Waals surface area (Å²) in [7, 11) is 0. The van der Waals surface area contributed by atoms with Crippen molar-refractivity contribution in [3.63, 3.8) is 0 Å². The Morgan fingerprint density at radius 2 is 1.42 bits per heavy atom. The number of imidazole rings is 1. The molecular weight excluding hydrogens is 478 g/mol. The summed E-state index contributed by atoms with van der Waals surface area (Å²) in [6.07, 6.45) is 5.23. The topological polar surface area (TPSA) is 58.0 Å². The highest BCUT2D eigenvalue weighted by atomic mass is 16.7. The number of hydrogen-bond acceptors (Lipinski definition) is 6. The summed E-state index contributed by atoms with van der Waals surface area (Å²) in [5.74, 6) is 4.30. The Balaban J connectivity index is 1.24. The van der Waals surface area contributed by atoms with Crippen LogP contribution in [0.1, 0.15) is 36.6 Å². The molecule has 7 nitrogen and oxygen atoms in total. The smallest absolute Gasteiger partial charge is 0.231 e. The second kappa shape index (κ2) is 11.2. The molecule has 0 radical (unpaired) electrons. The standard InChI is InChI=1S/C31H33N3O4/c1-2-3-14-34-26(18-32-31(34)25-7-5-4-6-8-25)13-15-33(19-23-9-11-27-29(16-23)37-21-35-27)20-24-10-12-28-30(17-24)38-22-36-28/h4-12,16-18H,2-3,13-15,19-22H2,1H3. The van der Waals surface area contributed by atoms with Crippen molar-refractivity contribution in [2.75, 3.05) is 20.1 Å². The van der Waals surface area contributed by atoms with Crippen LogP contribution in [0.25, 0.3) is 11.4 Å². The number of benzene rings is 3. The molecule has 1 aromatic heterocycles. The van der Waals surface area contributed by atoms with Crippen molar-refractivity contribution in [2.45, 2.75) is 45.8 Å². The first-order valence-electron chi connectivity index (χ1n) is 13.4. The third-order valence-corrected chi connectivity index (χ3v) is 7.08. The maximum Gasteiger partial charge on any atom is 0.231 e. The lowest BCUT2D eigenvalue weighted by Crippen LogP contribution is -2.26. The predicted molar refractivity (Wildman–Crippen MR) is 146 cm³/mol. The summed E-state index contributed by atoms with van der Waals surface area (Å²) in [5.41, 5.74) is 4.81. The van der Waals surface area contributed by atoms with Crippen LogP contribution in [0.2, 0.25) is 0 Å². The first-order chi connectivity index (χ1) is 18.8. The van der Waals surface area contributed by atoms with Crippen molar-refractivity contribution in [2.24, 2.45) is 0 Å². The molecule has 3 heterocycles. The average molecular weight is 512 g/mol. The van der Waals surface area contributed by atoms with E-state index in [9.17, 15) is 0 Å². The van der Waals surface area contributed by atoms with Crippen molar-refractivity contribution in [3.05, 3.63) is 89.7 Å². The Labute approximate surface area is 223 Å².